The molecule has 5 heteroatoms. The molecule has 0 bridgehead atoms. The van der Waals surface area contributed by atoms with Crippen LogP contribution in [0.5, 0.6) is 0 Å². The molecule has 0 atom stereocenters. The first-order valence-corrected chi connectivity index (χ1v) is 10.4. The number of carbonyl (C=O) groups is 1. The predicted octanol–water partition coefficient (Wildman–Crippen LogP) is 1.77. The molecule has 1 aliphatic heterocycles. The Morgan fingerprint density at radius 3 is 2.35 bits per heavy atom. The van der Waals surface area contributed by atoms with Gasteiger partial charge in [-0.3, -0.25) is 4.79 Å². The first-order chi connectivity index (χ1) is 12.7. The number of rotatable bonds is 6. The molecule has 0 spiro atoms. The van der Waals surface area contributed by atoms with E-state index in [0.29, 0.717) is 13.1 Å². The fraction of sp³-hybridized carbons (Fsp3) is 0.381. The summed E-state index contributed by atoms with van der Waals surface area (Å²) in [7, 11) is 1.91. The van der Waals surface area contributed by atoms with Gasteiger partial charge in [0.15, 0.2) is 6.54 Å². The lowest BCUT2D eigenvalue weighted by atomic mass is 10.2. The lowest BCUT2D eigenvalue weighted by molar-refractivity contribution is -0.892. The van der Waals surface area contributed by atoms with E-state index in [0.717, 1.165) is 26.2 Å². The van der Waals surface area contributed by atoms with Gasteiger partial charge >= 0.3 is 0 Å². The highest BCUT2D eigenvalue weighted by molar-refractivity contribution is 7.98. The van der Waals surface area contributed by atoms with E-state index in [1.165, 1.54) is 21.0 Å². The molecule has 1 fully saturated rings. The molecule has 2 aromatic carbocycles. The molecule has 138 valence electrons. The largest absolute Gasteiger partial charge is 0.360 e. The minimum atomic E-state index is 0.224. The summed E-state index contributed by atoms with van der Waals surface area (Å²) >= 11 is 1.74. The Hall–Kier alpha value is -1.98. The Bertz CT molecular complexity index is 697. The highest BCUT2D eigenvalue weighted by atomic mass is 32.2. The molecule has 4 nitrogen and oxygen atoms in total. The highest BCUT2D eigenvalue weighted by Gasteiger charge is 2.23. The number of carbonyl (C=O) groups excluding carboxylic acids is 1. The van der Waals surface area contributed by atoms with E-state index in [2.05, 4.69) is 59.7 Å². The van der Waals surface area contributed by atoms with Crippen molar-refractivity contribution in [2.45, 2.75) is 11.4 Å². The van der Waals surface area contributed by atoms with Gasteiger partial charge in [0.25, 0.3) is 5.91 Å². The SMILES string of the molecule is CSc1ccc(CN(C)C(=O)C[NH+]2CCN(c3ccccc3)CC2)cc1. The molecule has 0 saturated carbocycles. The van der Waals surface area contributed by atoms with E-state index < -0.39 is 0 Å². The minimum Gasteiger partial charge on any atom is -0.360 e. The van der Waals surface area contributed by atoms with Crippen LogP contribution in [0.3, 0.4) is 0 Å². The van der Waals surface area contributed by atoms with Crippen LogP contribution in [-0.2, 0) is 11.3 Å². The molecule has 0 radical (unpaired) electrons. The molecule has 1 aliphatic rings. The molecule has 1 saturated heterocycles. The van der Waals surface area contributed by atoms with Gasteiger partial charge in [0.05, 0.1) is 26.2 Å². The number of thioether (sulfide) groups is 1. The maximum atomic E-state index is 12.6. The van der Waals surface area contributed by atoms with Crippen molar-refractivity contribution in [3.05, 3.63) is 60.2 Å². The van der Waals surface area contributed by atoms with E-state index in [4.69, 9.17) is 0 Å². The van der Waals surface area contributed by atoms with Crippen molar-refractivity contribution in [2.75, 3.05) is 50.9 Å². The zero-order valence-corrected chi connectivity index (χ0v) is 16.5. The summed E-state index contributed by atoms with van der Waals surface area (Å²) in [5, 5.41) is 0. The van der Waals surface area contributed by atoms with Gasteiger partial charge in [-0.1, -0.05) is 30.3 Å². The van der Waals surface area contributed by atoms with E-state index in [1.54, 1.807) is 11.8 Å². The van der Waals surface area contributed by atoms with E-state index >= 15 is 0 Å². The molecule has 0 aliphatic carbocycles. The number of amides is 1. The number of piperazine rings is 1. The van der Waals surface area contributed by atoms with Gasteiger partial charge < -0.3 is 14.7 Å². The summed E-state index contributed by atoms with van der Waals surface area (Å²) < 4.78 is 0. The van der Waals surface area contributed by atoms with Crippen molar-refractivity contribution in [3.63, 3.8) is 0 Å². The number of para-hydroxylation sites is 1. The first-order valence-electron chi connectivity index (χ1n) is 9.16. The number of benzene rings is 2. The van der Waals surface area contributed by atoms with Crippen LogP contribution in [0.15, 0.2) is 59.5 Å². The molecule has 3 rings (SSSR count). The third-order valence-corrected chi connectivity index (χ3v) is 5.74. The van der Waals surface area contributed by atoms with Gasteiger partial charge in [-0.15, -0.1) is 11.8 Å². The fourth-order valence-corrected chi connectivity index (χ4v) is 3.75. The van der Waals surface area contributed by atoms with Gasteiger partial charge in [0.2, 0.25) is 0 Å². The zero-order valence-electron chi connectivity index (χ0n) is 15.6. The zero-order chi connectivity index (χ0) is 18.4. The number of nitrogens with one attached hydrogen (secondary N) is 1. The maximum Gasteiger partial charge on any atom is 0.277 e. The summed E-state index contributed by atoms with van der Waals surface area (Å²) in [6.07, 6.45) is 2.07. The van der Waals surface area contributed by atoms with Crippen molar-refractivity contribution < 1.29 is 9.69 Å². The van der Waals surface area contributed by atoms with Crippen molar-refractivity contribution >= 4 is 23.4 Å². The van der Waals surface area contributed by atoms with Crippen LogP contribution in [-0.4, -0.2) is 56.8 Å². The monoisotopic (exact) mass is 370 g/mol. The predicted molar refractivity (Wildman–Crippen MR) is 109 cm³/mol. The Balaban J connectivity index is 1.46. The third kappa shape index (κ3) is 5.02. The topological polar surface area (TPSA) is 28.0 Å². The molecular formula is C21H28N3OS+. The summed E-state index contributed by atoms with van der Waals surface area (Å²) in [6, 6.07) is 19.0. The van der Waals surface area contributed by atoms with Crippen LogP contribution in [0.2, 0.25) is 0 Å². The lowest BCUT2D eigenvalue weighted by Crippen LogP contribution is -3.15. The molecule has 1 amide bonds. The second-order valence-corrected chi connectivity index (χ2v) is 7.73. The number of anilines is 1. The normalized spacial score (nSPS) is 15.1. The van der Waals surface area contributed by atoms with Gasteiger partial charge in [-0.05, 0) is 36.1 Å². The quantitative estimate of drug-likeness (QED) is 0.786. The van der Waals surface area contributed by atoms with E-state index in [9.17, 15) is 4.79 Å². The molecule has 0 aromatic heterocycles. The number of quaternary nitrogens is 1. The van der Waals surface area contributed by atoms with Crippen LogP contribution in [0.1, 0.15) is 5.56 Å². The number of hydrogen-bond donors (Lipinski definition) is 1. The molecule has 2 aromatic rings. The van der Waals surface area contributed by atoms with Gasteiger partial charge in [-0.2, -0.15) is 0 Å². The number of hydrogen-bond acceptors (Lipinski definition) is 3. The Kier molecular flexibility index (Phi) is 6.58. The summed E-state index contributed by atoms with van der Waals surface area (Å²) in [5.41, 5.74) is 2.46. The third-order valence-electron chi connectivity index (χ3n) is 5.00. The second kappa shape index (κ2) is 9.10. The van der Waals surface area contributed by atoms with Crippen LogP contribution in [0, 0.1) is 0 Å². The lowest BCUT2D eigenvalue weighted by Gasteiger charge is -2.34. The van der Waals surface area contributed by atoms with E-state index in [-0.39, 0.29) is 5.91 Å². The van der Waals surface area contributed by atoms with Crippen molar-refractivity contribution in [1.29, 1.82) is 0 Å². The smallest absolute Gasteiger partial charge is 0.277 e. The van der Waals surface area contributed by atoms with Crippen molar-refractivity contribution in [3.8, 4) is 0 Å². The van der Waals surface area contributed by atoms with Crippen molar-refractivity contribution in [1.82, 2.24) is 4.90 Å². The van der Waals surface area contributed by atoms with Crippen LogP contribution < -0.4 is 9.80 Å². The van der Waals surface area contributed by atoms with Crippen LogP contribution >= 0.6 is 11.8 Å². The standard InChI is InChI=1S/C21H27N3OS/c1-22(16-18-8-10-20(26-2)11-9-18)21(25)17-23-12-14-24(15-13-23)19-6-4-3-5-7-19/h3-11H,12-17H2,1-2H3/p+1. The van der Waals surface area contributed by atoms with Gasteiger partial charge in [0.1, 0.15) is 0 Å². The Morgan fingerprint density at radius 1 is 1.08 bits per heavy atom. The fourth-order valence-electron chi connectivity index (χ4n) is 3.34. The highest BCUT2D eigenvalue weighted by Crippen LogP contribution is 2.15. The van der Waals surface area contributed by atoms with Gasteiger partial charge in [0, 0.05) is 24.2 Å². The van der Waals surface area contributed by atoms with Gasteiger partial charge in [-0.25, -0.2) is 0 Å². The number of nitrogens with zero attached hydrogens (tertiary/aromatic N) is 2. The van der Waals surface area contributed by atoms with Crippen LogP contribution in [0.4, 0.5) is 5.69 Å². The first kappa shape index (κ1) is 18.8. The molecule has 0 unspecified atom stereocenters. The summed E-state index contributed by atoms with van der Waals surface area (Å²) in [4.78, 5) is 19.5. The average molecular weight is 371 g/mol. The second-order valence-electron chi connectivity index (χ2n) is 6.85. The number of likely N-dealkylation sites (N-methyl/N-ethyl adjacent to an activating group) is 1. The van der Waals surface area contributed by atoms with Crippen LogP contribution in [0.25, 0.3) is 0 Å². The molecule has 26 heavy (non-hydrogen) atoms. The molecular weight excluding hydrogens is 342 g/mol. The molecule has 1 heterocycles. The Labute approximate surface area is 160 Å². The van der Waals surface area contributed by atoms with E-state index in [1.807, 2.05) is 18.0 Å². The summed E-state index contributed by atoms with van der Waals surface area (Å²) in [6.45, 7) is 5.30. The van der Waals surface area contributed by atoms with Crippen molar-refractivity contribution in [2.24, 2.45) is 0 Å². The minimum absolute atomic E-state index is 0.224. The summed E-state index contributed by atoms with van der Waals surface area (Å²) in [5.74, 6) is 0.224. The molecule has 1 N–H and O–H groups in total. The average Bonchev–Trinajstić information content (AvgIpc) is 2.70. The Morgan fingerprint density at radius 2 is 1.73 bits per heavy atom. The maximum absolute atomic E-state index is 12.6.